The number of anilines is 3. The summed E-state index contributed by atoms with van der Waals surface area (Å²) < 4.78 is 2.09. The van der Waals surface area contributed by atoms with E-state index >= 15 is 0 Å². The van der Waals surface area contributed by atoms with E-state index in [1.807, 2.05) is 70.4 Å². The van der Waals surface area contributed by atoms with Crippen LogP contribution in [0.5, 0.6) is 0 Å². The van der Waals surface area contributed by atoms with Crippen LogP contribution >= 0.6 is 0 Å². The third-order valence-electron chi connectivity index (χ3n) is 7.98. The number of carbonyl (C=O) groups excluding carboxylic acids is 1. The predicted molar refractivity (Wildman–Crippen MR) is 165 cm³/mol. The van der Waals surface area contributed by atoms with Gasteiger partial charge in [-0.05, 0) is 88.1 Å². The van der Waals surface area contributed by atoms with Gasteiger partial charge in [-0.1, -0.05) is 12.1 Å². The van der Waals surface area contributed by atoms with Gasteiger partial charge in [-0.2, -0.15) is 0 Å². The fourth-order valence-corrected chi connectivity index (χ4v) is 5.29. The number of nitrogens with zero attached hydrogens (tertiary/aromatic N) is 4. The van der Waals surface area contributed by atoms with E-state index in [1.165, 1.54) is 0 Å². The van der Waals surface area contributed by atoms with Crippen LogP contribution in [0, 0.1) is 0 Å². The van der Waals surface area contributed by atoms with E-state index in [1.54, 1.807) is 6.20 Å². The molecule has 3 heterocycles. The molecule has 1 fully saturated rings. The van der Waals surface area contributed by atoms with E-state index in [-0.39, 0.29) is 5.91 Å². The number of likely N-dealkylation sites (tertiary alicyclic amines) is 1. The average Bonchev–Trinajstić information content (AvgIpc) is 3.30. The standard InChI is InChI=1S/C33H41N5O3/c1-32(2,40)13-20-38(27-9-10-29-26(21-27)12-17-36(29)4)28-11-16-34-30(22-28)35-31(39)25-7-5-24(6-8-25)23-37-18-14-33(3,41)15-19-37/h5-12,16-17,21-22,40-41H,13-15,18-20,23H2,1-4H3,(H,34,35,39). The Morgan fingerprint density at radius 1 is 1.05 bits per heavy atom. The van der Waals surface area contributed by atoms with E-state index in [4.69, 9.17) is 0 Å². The minimum atomic E-state index is -0.821. The molecule has 1 aliphatic heterocycles. The summed E-state index contributed by atoms with van der Waals surface area (Å²) in [6, 6.07) is 19.9. The van der Waals surface area contributed by atoms with Crippen molar-refractivity contribution in [2.24, 2.45) is 7.05 Å². The molecule has 216 valence electrons. The summed E-state index contributed by atoms with van der Waals surface area (Å²) in [6.45, 7) is 8.65. The summed E-state index contributed by atoms with van der Waals surface area (Å²) in [6.07, 6.45) is 5.85. The van der Waals surface area contributed by atoms with Crippen LogP contribution in [0.4, 0.5) is 17.2 Å². The molecule has 8 nitrogen and oxygen atoms in total. The highest BCUT2D eigenvalue weighted by molar-refractivity contribution is 6.04. The van der Waals surface area contributed by atoms with Crippen molar-refractivity contribution in [3.8, 4) is 0 Å². The molecule has 0 atom stereocenters. The molecule has 2 aromatic carbocycles. The molecule has 5 rings (SSSR count). The maximum absolute atomic E-state index is 13.1. The molecule has 2 aromatic heterocycles. The number of rotatable bonds is 9. The molecule has 3 N–H and O–H groups in total. The fourth-order valence-electron chi connectivity index (χ4n) is 5.29. The molecule has 0 aliphatic carbocycles. The first-order valence-corrected chi connectivity index (χ1v) is 14.3. The number of pyridine rings is 1. The fraction of sp³-hybridized carbons (Fsp3) is 0.394. The van der Waals surface area contributed by atoms with Gasteiger partial charge in [-0.3, -0.25) is 9.69 Å². The lowest BCUT2D eigenvalue weighted by molar-refractivity contribution is -0.00730. The molecule has 1 aliphatic rings. The van der Waals surface area contributed by atoms with Gasteiger partial charge in [0.25, 0.3) is 5.91 Å². The van der Waals surface area contributed by atoms with E-state index in [0.29, 0.717) is 24.3 Å². The maximum atomic E-state index is 13.1. The highest BCUT2D eigenvalue weighted by Crippen LogP contribution is 2.31. The molecule has 8 heteroatoms. The second kappa shape index (κ2) is 11.6. The van der Waals surface area contributed by atoms with Crippen LogP contribution in [-0.4, -0.2) is 61.4 Å². The van der Waals surface area contributed by atoms with Crippen LogP contribution in [0.3, 0.4) is 0 Å². The number of hydrogen-bond donors (Lipinski definition) is 3. The SMILES string of the molecule is Cn1ccc2cc(N(CCC(C)(C)O)c3ccnc(NC(=O)c4ccc(CN5CCC(C)(O)CC5)cc4)c3)ccc21. The number of aliphatic hydroxyl groups is 2. The molecule has 0 saturated carbocycles. The smallest absolute Gasteiger partial charge is 0.256 e. The maximum Gasteiger partial charge on any atom is 0.256 e. The van der Waals surface area contributed by atoms with Crippen molar-refractivity contribution in [1.82, 2.24) is 14.5 Å². The Kier molecular flexibility index (Phi) is 8.18. The first-order chi connectivity index (χ1) is 19.5. The Morgan fingerprint density at radius 3 is 2.46 bits per heavy atom. The molecule has 4 aromatic rings. The predicted octanol–water partition coefficient (Wildman–Crippen LogP) is 5.47. The van der Waals surface area contributed by atoms with Crippen LogP contribution in [0.2, 0.25) is 0 Å². The van der Waals surface area contributed by atoms with Crippen molar-refractivity contribution in [3.05, 3.63) is 84.2 Å². The second-order valence-corrected chi connectivity index (χ2v) is 12.2. The number of benzene rings is 2. The minimum absolute atomic E-state index is 0.219. The highest BCUT2D eigenvalue weighted by Gasteiger charge is 2.27. The number of piperidine rings is 1. The van der Waals surface area contributed by atoms with Gasteiger partial charge in [0.05, 0.1) is 11.2 Å². The van der Waals surface area contributed by atoms with Crippen molar-refractivity contribution < 1.29 is 15.0 Å². The van der Waals surface area contributed by atoms with Crippen LogP contribution < -0.4 is 10.2 Å². The molecule has 0 bridgehead atoms. The summed E-state index contributed by atoms with van der Waals surface area (Å²) in [7, 11) is 2.03. The topological polar surface area (TPSA) is 93.9 Å². The first-order valence-electron chi connectivity index (χ1n) is 14.3. The van der Waals surface area contributed by atoms with Gasteiger partial charge in [-0.25, -0.2) is 4.98 Å². The lowest BCUT2D eigenvalue weighted by Gasteiger charge is -2.35. The minimum Gasteiger partial charge on any atom is -0.390 e. The molecule has 0 unspecified atom stereocenters. The lowest BCUT2D eigenvalue weighted by Crippen LogP contribution is -2.41. The van der Waals surface area contributed by atoms with E-state index in [9.17, 15) is 15.0 Å². The van der Waals surface area contributed by atoms with Crippen LogP contribution in [0.25, 0.3) is 10.9 Å². The molecule has 1 saturated heterocycles. The third-order valence-corrected chi connectivity index (χ3v) is 7.98. The molecule has 1 amide bonds. The Hall–Kier alpha value is -3.72. The lowest BCUT2D eigenvalue weighted by atomic mass is 9.93. The largest absolute Gasteiger partial charge is 0.390 e. The van der Waals surface area contributed by atoms with Crippen LogP contribution in [0.15, 0.2) is 73.1 Å². The normalized spacial score (nSPS) is 15.7. The molecule has 0 spiro atoms. The zero-order valence-corrected chi connectivity index (χ0v) is 24.5. The molecular weight excluding hydrogens is 514 g/mol. The Balaban J connectivity index is 1.30. The van der Waals surface area contributed by atoms with Gasteiger partial charge < -0.3 is 25.0 Å². The first kappa shape index (κ1) is 28.8. The van der Waals surface area contributed by atoms with Gasteiger partial charge >= 0.3 is 0 Å². The van der Waals surface area contributed by atoms with Crippen LogP contribution in [0.1, 0.15) is 56.0 Å². The van der Waals surface area contributed by atoms with E-state index in [0.717, 1.165) is 60.3 Å². The number of nitrogens with one attached hydrogen (secondary N) is 1. The van der Waals surface area contributed by atoms with Crippen molar-refractivity contribution in [1.29, 1.82) is 0 Å². The highest BCUT2D eigenvalue weighted by atomic mass is 16.3. The van der Waals surface area contributed by atoms with Gasteiger partial charge in [0.15, 0.2) is 0 Å². The zero-order chi connectivity index (χ0) is 29.2. The van der Waals surface area contributed by atoms with Crippen LogP contribution in [-0.2, 0) is 13.6 Å². The van der Waals surface area contributed by atoms with Gasteiger partial charge in [-0.15, -0.1) is 0 Å². The Labute approximate surface area is 242 Å². The van der Waals surface area contributed by atoms with Crippen molar-refractivity contribution in [3.63, 3.8) is 0 Å². The van der Waals surface area contributed by atoms with Gasteiger partial charge in [0, 0.05) is 79.5 Å². The molecule has 41 heavy (non-hydrogen) atoms. The van der Waals surface area contributed by atoms with Crippen molar-refractivity contribution in [2.75, 3.05) is 29.9 Å². The summed E-state index contributed by atoms with van der Waals surface area (Å²) >= 11 is 0. The van der Waals surface area contributed by atoms with Gasteiger partial charge in [0.1, 0.15) is 5.82 Å². The zero-order valence-electron chi connectivity index (χ0n) is 24.5. The van der Waals surface area contributed by atoms with Crippen molar-refractivity contribution >= 4 is 34.0 Å². The van der Waals surface area contributed by atoms with E-state index in [2.05, 4.69) is 48.9 Å². The summed E-state index contributed by atoms with van der Waals surface area (Å²) in [4.78, 5) is 22.0. The van der Waals surface area contributed by atoms with Crippen molar-refractivity contribution in [2.45, 2.75) is 57.8 Å². The summed E-state index contributed by atoms with van der Waals surface area (Å²) in [5.41, 5.74) is 3.35. The van der Waals surface area contributed by atoms with E-state index < -0.39 is 11.2 Å². The monoisotopic (exact) mass is 555 g/mol. The number of hydrogen-bond acceptors (Lipinski definition) is 6. The quantitative estimate of drug-likeness (QED) is 0.254. The summed E-state index contributed by atoms with van der Waals surface area (Å²) in [5.74, 6) is 0.245. The number of fused-ring (bicyclic) bond motifs is 1. The summed E-state index contributed by atoms with van der Waals surface area (Å²) in [5, 5.41) is 24.7. The average molecular weight is 556 g/mol. The number of amides is 1. The number of aryl methyl sites for hydroxylation is 1. The third kappa shape index (κ3) is 7.33. The number of carbonyl (C=O) groups is 1. The molecular formula is C33H41N5O3. The molecule has 0 radical (unpaired) electrons. The Morgan fingerprint density at radius 2 is 1.76 bits per heavy atom. The van der Waals surface area contributed by atoms with Gasteiger partial charge in [0.2, 0.25) is 0 Å². The number of aromatic nitrogens is 2. The second-order valence-electron chi connectivity index (χ2n) is 12.2. The Bertz CT molecular complexity index is 1490.